The van der Waals surface area contributed by atoms with Crippen LogP contribution in [0.2, 0.25) is 0 Å². The molecule has 2 atom stereocenters. The number of hydrogen-bond acceptors (Lipinski definition) is 4. The molecule has 0 aliphatic carbocycles. The van der Waals surface area contributed by atoms with Crippen LogP contribution in [0.15, 0.2) is 83.8 Å². The van der Waals surface area contributed by atoms with Gasteiger partial charge in [0.25, 0.3) is 0 Å². The van der Waals surface area contributed by atoms with Gasteiger partial charge in [0.05, 0.1) is 22.8 Å². The van der Waals surface area contributed by atoms with E-state index >= 15 is 0 Å². The minimum atomic E-state index is -3.65. The standard InChI is InChI=1S/C22H21NO3S2/c1-16-8-14-20(15-9-16)28(24,25)23-21(17-6-4-3-5-7-17)27-22(23)18-10-12-19(26-2)13-11-18/h3-15,21-22H,1-2H3/t21-,22+/m0/s1. The monoisotopic (exact) mass is 411 g/mol. The smallest absolute Gasteiger partial charge is 0.245 e. The molecule has 0 N–H and O–H groups in total. The third kappa shape index (κ3) is 3.43. The van der Waals surface area contributed by atoms with E-state index in [1.165, 1.54) is 0 Å². The molecule has 0 saturated carbocycles. The highest BCUT2D eigenvalue weighted by Gasteiger charge is 2.48. The van der Waals surface area contributed by atoms with Crippen LogP contribution in [-0.4, -0.2) is 19.8 Å². The van der Waals surface area contributed by atoms with E-state index in [2.05, 4.69) is 0 Å². The number of hydrogen-bond donors (Lipinski definition) is 0. The zero-order valence-corrected chi connectivity index (χ0v) is 17.3. The number of ether oxygens (including phenoxy) is 1. The molecule has 0 unspecified atom stereocenters. The minimum Gasteiger partial charge on any atom is -0.497 e. The molecular weight excluding hydrogens is 390 g/mol. The van der Waals surface area contributed by atoms with Crippen molar-refractivity contribution >= 4 is 21.8 Å². The van der Waals surface area contributed by atoms with Crippen LogP contribution >= 0.6 is 11.8 Å². The molecule has 1 aliphatic rings. The summed E-state index contributed by atoms with van der Waals surface area (Å²) in [5.41, 5.74) is 2.95. The Kier molecular flexibility index (Phi) is 5.19. The van der Waals surface area contributed by atoms with Crippen molar-refractivity contribution in [3.63, 3.8) is 0 Å². The molecule has 28 heavy (non-hydrogen) atoms. The average molecular weight is 412 g/mol. The van der Waals surface area contributed by atoms with Crippen molar-refractivity contribution in [3.05, 3.63) is 95.6 Å². The Balaban J connectivity index is 1.74. The molecule has 0 bridgehead atoms. The summed E-state index contributed by atoms with van der Waals surface area (Å²) in [6.45, 7) is 1.95. The lowest BCUT2D eigenvalue weighted by Crippen LogP contribution is -2.43. The molecule has 3 aromatic rings. The van der Waals surface area contributed by atoms with Gasteiger partial charge in [-0.15, -0.1) is 11.8 Å². The Morgan fingerprint density at radius 3 is 1.96 bits per heavy atom. The topological polar surface area (TPSA) is 46.6 Å². The second-order valence-electron chi connectivity index (χ2n) is 6.67. The number of rotatable bonds is 5. The normalized spacial score (nSPS) is 19.8. The van der Waals surface area contributed by atoms with Gasteiger partial charge in [-0.2, -0.15) is 4.31 Å². The van der Waals surface area contributed by atoms with Crippen LogP contribution in [0.5, 0.6) is 5.75 Å². The van der Waals surface area contributed by atoms with Gasteiger partial charge in [0.2, 0.25) is 10.0 Å². The lowest BCUT2D eigenvalue weighted by molar-refractivity contribution is 0.343. The van der Waals surface area contributed by atoms with E-state index in [1.807, 2.05) is 73.7 Å². The number of sulfonamides is 1. The van der Waals surface area contributed by atoms with Crippen LogP contribution in [0.25, 0.3) is 0 Å². The van der Waals surface area contributed by atoms with Gasteiger partial charge < -0.3 is 4.74 Å². The molecule has 0 amide bonds. The van der Waals surface area contributed by atoms with Crippen molar-refractivity contribution in [2.75, 3.05) is 7.11 Å². The fourth-order valence-electron chi connectivity index (χ4n) is 3.22. The van der Waals surface area contributed by atoms with Gasteiger partial charge in [-0.3, -0.25) is 0 Å². The van der Waals surface area contributed by atoms with E-state index in [1.54, 1.807) is 35.3 Å². The molecule has 4 rings (SSSR count). The van der Waals surface area contributed by atoms with Gasteiger partial charge in [-0.05, 0) is 42.3 Å². The molecule has 144 valence electrons. The van der Waals surface area contributed by atoms with Gasteiger partial charge in [-0.25, -0.2) is 8.42 Å². The maximum atomic E-state index is 13.5. The molecule has 1 aliphatic heterocycles. The lowest BCUT2D eigenvalue weighted by atomic mass is 10.1. The van der Waals surface area contributed by atoms with Crippen LogP contribution < -0.4 is 4.74 Å². The number of benzene rings is 3. The van der Waals surface area contributed by atoms with Crippen LogP contribution in [0.3, 0.4) is 0 Å². The SMILES string of the molecule is COc1ccc([C@H]2S[C@@H](c3ccccc3)N2S(=O)(=O)c2ccc(C)cc2)cc1. The number of methoxy groups -OCH3 is 1. The summed E-state index contributed by atoms with van der Waals surface area (Å²) in [5.74, 6) is 0.751. The second-order valence-corrected chi connectivity index (χ2v) is 9.68. The van der Waals surface area contributed by atoms with Crippen molar-refractivity contribution in [3.8, 4) is 5.75 Å². The molecule has 6 heteroatoms. The summed E-state index contributed by atoms with van der Waals surface area (Å²) in [5, 5.41) is -0.526. The molecule has 0 spiro atoms. The van der Waals surface area contributed by atoms with E-state index in [0.717, 1.165) is 22.4 Å². The highest BCUT2D eigenvalue weighted by atomic mass is 32.2. The first kappa shape index (κ1) is 19.1. The Bertz CT molecular complexity index is 1050. The molecule has 1 fully saturated rings. The van der Waals surface area contributed by atoms with Gasteiger partial charge in [0.1, 0.15) is 5.75 Å². The van der Waals surface area contributed by atoms with Crippen LogP contribution in [0.1, 0.15) is 27.4 Å². The molecule has 1 heterocycles. The van der Waals surface area contributed by atoms with E-state index in [-0.39, 0.29) is 10.7 Å². The van der Waals surface area contributed by atoms with Gasteiger partial charge in [0, 0.05) is 0 Å². The van der Waals surface area contributed by atoms with E-state index in [0.29, 0.717) is 4.90 Å². The van der Waals surface area contributed by atoms with Crippen molar-refractivity contribution in [2.45, 2.75) is 22.6 Å². The van der Waals surface area contributed by atoms with Gasteiger partial charge in [-0.1, -0.05) is 60.2 Å². The quantitative estimate of drug-likeness (QED) is 0.583. The summed E-state index contributed by atoms with van der Waals surface area (Å²) < 4.78 is 33.8. The highest BCUT2D eigenvalue weighted by molar-refractivity contribution is 8.03. The molecule has 0 radical (unpaired) electrons. The summed E-state index contributed by atoms with van der Waals surface area (Å²) >= 11 is 1.63. The lowest BCUT2D eigenvalue weighted by Gasteiger charge is -2.46. The predicted molar refractivity (Wildman–Crippen MR) is 113 cm³/mol. The fourth-order valence-corrected chi connectivity index (χ4v) is 6.83. The summed E-state index contributed by atoms with van der Waals surface area (Å²) in [6.07, 6.45) is 0. The first-order chi connectivity index (χ1) is 13.5. The number of nitrogens with zero attached hydrogens (tertiary/aromatic N) is 1. The first-order valence-corrected chi connectivity index (χ1v) is 11.3. The fraction of sp³-hybridized carbons (Fsp3) is 0.182. The maximum absolute atomic E-state index is 13.5. The molecule has 1 saturated heterocycles. The third-order valence-electron chi connectivity index (χ3n) is 4.80. The van der Waals surface area contributed by atoms with Crippen molar-refractivity contribution < 1.29 is 13.2 Å². The zero-order chi connectivity index (χ0) is 19.7. The average Bonchev–Trinajstić information content (AvgIpc) is 2.68. The zero-order valence-electron chi connectivity index (χ0n) is 15.6. The predicted octanol–water partition coefficient (Wildman–Crippen LogP) is 5.14. The van der Waals surface area contributed by atoms with Crippen LogP contribution in [0, 0.1) is 6.92 Å². The summed E-state index contributed by atoms with van der Waals surface area (Å²) in [4.78, 5) is 0.317. The second kappa shape index (κ2) is 7.62. The van der Waals surface area contributed by atoms with Crippen LogP contribution in [-0.2, 0) is 10.0 Å². The van der Waals surface area contributed by atoms with E-state index < -0.39 is 10.0 Å². The largest absolute Gasteiger partial charge is 0.497 e. The molecule has 0 aromatic heterocycles. The van der Waals surface area contributed by atoms with Crippen molar-refractivity contribution in [2.24, 2.45) is 0 Å². The maximum Gasteiger partial charge on any atom is 0.245 e. The Morgan fingerprint density at radius 2 is 1.39 bits per heavy atom. The van der Waals surface area contributed by atoms with E-state index in [4.69, 9.17) is 4.74 Å². The molecular formula is C22H21NO3S2. The number of thioether (sulfide) groups is 1. The third-order valence-corrected chi connectivity index (χ3v) is 8.43. The summed E-state index contributed by atoms with van der Waals surface area (Å²) in [7, 11) is -2.03. The van der Waals surface area contributed by atoms with Crippen molar-refractivity contribution in [1.82, 2.24) is 4.31 Å². The van der Waals surface area contributed by atoms with Gasteiger partial charge >= 0.3 is 0 Å². The van der Waals surface area contributed by atoms with E-state index in [9.17, 15) is 8.42 Å². The first-order valence-electron chi connectivity index (χ1n) is 8.95. The minimum absolute atomic E-state index is 0.250. The molecule has 3 aromatic carbocycles. The van der Waals surface area contributed by atoms with Gasteiger partial charge in [0.15, 0.2) is 0 Å². The Morgan fingerprint density at radius 1 is 0.821 bits per heavy atom. The summed E-state index contributed by atoms with van der Waals surface area (Å²) in [6, 6.07) is 24.4. The Labute approximate surface area is 170 Å². The Hall–Kier alpha value is -2.28. The highest BCUT2D eigenvalue weighted by Crippen LogP contribution is 2.59. The van der Waals surface area contributed by atoms with Crippen molar-refractivity contribution in [1.29, 1.82) is 0 Å². The number of aryl methyl sites for hydroxylation is 1. The molecule has 4 nitrogen and oxygen atoms in total. The van der Waals surface area contributed by atoms with Crippen LogP contribution in [0.4, 0.5) is 0 Å².